The van der Waals surface area contributed by atoms with Crippen molar-refractivity contribution in [2.45, 2.75) is 13.5 Å². The number of hydrogen-bond donors (Lipinski definition) is 2. The minimum absolute atomic E-state index is 0.804. The molecule has 96 valence electrons. The molecular weight excluding hydrogens is 302 g/mol. The van der Waals surface area contributed by atoms with Crippen LogP contribution < -0.4 is 5.32 Å². The third kappa shape index (κ3) is 2.63. The number of halogens is 1. The van der Waals surface area contributed by atoms with Crippen LogP contribution in [0.3, 0.4) is 0 Å². The van der Waals surface area contributed by atoms with E-state index >= 15 is 0 Å². The number of nitrogens with one attached hydrogen (secondary N) is 2. The zero-order valence-electron chi connectivity index (χ0n) is 10.6. The van der Waals surface area contributed by atoms with E-state index in [9.17, 15) is 0 Å². The first-order valence-electron chi connectivity index (χ1n) is 6.14. The summed E-state index contributed by atoms with van der Waals surface area (Å²) in [5.41, 5.74) is 4.65. The summed E-state index contributed by atoms with van der Waals surface area (Å²) in [4.78, 5) is 0. The van der Waals surface area contributed by atoms with E-state index in [1.165, 1.54) is 11.1 Å². The van der Waals surface area contributed by atoms with Crippen molar-refractivity contribution in [1.82, 2.24) is 10.2 Å². The molecule has 4 heteroatoms. The molecule has 0 amide bonds. The van der Waals surface area contributed by atoms with Gasteiger partial charge in [-0.15, -0.1) is 0 Å². The fraction of sp³-hybridized carbons (Fsp3) is 0.133. The standard InChI is InChI=1S/C15H14BrN3/c1-10-2-3-11(6-14(10)16)8-17-13-5-4-12-9-18-19-15(12)7-13/h2-7,9,17H,8H2,1H3,(H,18,19). The maximum absolute atomic E-state index is 4.02. The van der Waals surface area contributed by atoms with Gasteiger partial charge >= 0.3 is 0 Å². The highest BCUT2D eigenvalue weighted by Gasteiger charge is 2.00. The van der Waals surface area contributed by atoms with Gasteiger partial charge in [-0.3, -0.25) is 5.10 Å². The first kappa shape index (κ1) is 12.2. The number of nitrogens with zero attached hydrogens (tertiary/aromatic N) is 1. The van der Waals surface area contributed by atoms with Gasteiger partial charge in [-0.25, -0.2) is 0 Å². The Balaban J connectivity index is 1.75. The summed E-state index contributed by atoms with van der Waals surface area (Å²) in [6.07, 6.45) is 1.83. The van der Waals surface area contributed by atoms with E-state index in [0.29, 0.717) is 0 Å². The van der Waals surface area contributed by atoms with Crippen LogP contribution in [0.4, 0.5) is 5.69 Å². The molecule has 0 bridgehead atoms. The summed E-state index contributed by atoms with van der Waals surface area (Å²) in [5, 5.41) is 11.5. The molecule has 1 heterocycles. The molecular formula is C15H14BrN3. The molecule has 0 radical (unpaired) electrons. The van der Waals surface area contributed by atoms with Gasteiger partial charge in [0, 0.05) is 22.1 Å². The van der Waals surface area contributed by atoms with Gasteiger partial charge in [0.1, 0.15) is 0 Å². The molecule has 0 saturated heterocycles. The van der Waals surface area contributed by atoms with Gasteiger partial charge in [-0.05, 0) is 42.3 Å². The van der Waals surface area contributed by atoms with Crippen molar-refractivity contribution in [1.29, 1.82) is 0 Å². The Morgan fingerprint density at radius 2 is 2.11 bits per heavy atom. The van der Waals surface area contributed by atoms with Crippen molar-refractivity contribution in [3.8, 4) is 0 Å². The van der Waals surface area contributed by atoms with Crippen LogP contribution in [0.2, 0.25) is 0 Å². The molecule has 0 aliphatic rings. The molecule has 19 heavy (non-hydrogen) atoms. The minimum Gasteiger partial charge on any atom is -0.381 e. The van der Waals surface area contributed by atoms with Crippen molar-refractivity contribution in [3.05, 3.63) is 58.2 Å². The molecule has 0 saturated carbocycles. The molecule has 1 aromatic heterocycles. The Hall–Kier alpha value is -1.81. The van der Waals surface area contributed by atoms with Crippen LogP contribution in [0, 0.1) is 6.92 Å². The van der Waals surface area contributed by atoms with Gasteiger partial charge < -0.3 is 5.32 Å². The van der Waals surface area contributed by atoms with Gasteiger partial charge in [0.25, 0.3) is 0 Å². The highest BCUT2D eigenvalue weighted by atomic mass is 79.9. The molecule has 0 atom stereocenters. The minimum atomic E-state index is 0.804. The lowest BCUT2D eigenvalue weighted by Crippen LogP contribution is -1.99. The predicted molar refractivity (Wildman–Crippen MR) is 82.3 cm³/mol. The fourth-order valence-corrected chi connectivity index (χ4v) is 2.42. The van der Waals surface area contributed by atoms with Crippen LogP contribution >= 0.6 is 15.9 Å². The van der Waals surface area contributed by atoms with Gasteiger partial charge in [0.15, 0.2) is 0 Å². The Morgan fingerprint density at radius 3 is 2.95 bits per heavy atom. The third-order valence-electron chi connectivity index (χ3n) is 3.17. The number of aromatic amines is 1. The van der Waals surface area contributed by atoms with E-state index in [4.69, 9.17) is 0 Å². The van der Waals surface area contributed by atoms with E-state index in [1.807, 2.05) is 6.20 Å². The number of H-pyrrole nitrogens is 1. The van der Waals surface area contributed by atoms with Crippen molar-refractivity contribution in [3.63, 3.8) is 0 Å². The lowest BCUT2D eigenvalue weighted by Gasteiger charge is -2.08. The second kappa shape index (κ2) is 5.05. The maximum Gasteiger partial charge on any atom is 0.0670 e. The molecule has 0 aliphatic heterocycles. The second-order valence-electron chi connectivity index (χ2n) is 4.61. The van der Waals surface area contributed by atoms with Gasteiger partial charge in [-0.1, -0.05) is 28.1 Å². The monoisotopic (exact) mass is 315 g/mol. The maximum atomic E-state index is 4.02. The fourth-order valence-electron chi connectivity index (χ4n) is 2.00. The SMILES string of the molecule is Cc1ccc(CNc2ccc3cn[nH]c3c2)cc1Br. The summed E-state index contributed by atoms with van der Waals surface area (Å²) in [5.74, 6) is 0. The number of rotatable bonds is 3. The summed E-state index contributed by atoms with van der Waals surface area (Å²) >= 11 is 3.56. The lowest BCUT2D eigenvalue weighted by molar-refractivity contribution is 1.12. The Kier molecular flexibility index (Phi) is 3.25. The third-order valence-corrected chi connectivity index (χ3v) is 4.03. The molecule has 0 fully saturated rings. The second-order valence-corrected chi connectivity index (χ2v) is 5.46. The Morgan fingerprint density at radius 1 is 1.21 bits per heavy atom. The lowest BCUT2D eigenvalue weighted by atomic mass is 10.1. The van der Waals surface area contributed by atoms with Crippen molar-refractivity contribution < 1.29 is 0 Å². The highest BCUT2D eigenvalue weighted by Crippen LogP contribution is 2.20. The summed E-state index contributed by atoms with van der Waals surface area (Å²) in [6, 6.07) is 12.6. The number of benzene rings is 2. The molecule has 0 aliphatic carbocycles. The average Bonchev–Trinajstić information content (AvgIpc) is 2.87. The topological polar surface area (TPSA) is 40.7 Å². The summed E-state index contributed by atoms with van der Waals surface area (Å²) in [6.45, 7) is 2.89. The number of hydrogen-bond acceptors (Lipinski definition) is 2. The van der Waals surface area contributed by atoms with E-state index in [2.05, 4.69) is 74.8 Å². The average molecular weight is 316 g/mol. The van der Waals surface area contributed by atoms with Gasteiger partial charge in [-0.2, -0.15) is 5.10 Å². The quantitative estimate of drug-likeness (QED) is 0.758. The normalized spacial score (nSPS) is 10.8. The van der Waals surface area contributed by atoms with E-state index < -0.39 is 0 Å². The van der Waals surface area contributed by atoms with Gasteiger partial charge in [0.05, 0.1) is 11.7 Å². The van der Waals surface area contributed by atoms with Crippen LogP contribution in [0.25, 0.3) is 10.9 Å². The first-order chi connectivity index (χ1) is 9.22. The van der Waals surface area contributed by atoms with Gasteiger partial charge in [0.2, 0.25) is 0 Å². The molecule has 0 spiro atoms. The van der Waals surface area contributed by atoms with Crippen LogP contribution in [0.15, 0.2) is 47.1 Å². The zero-order valence-corrected chi connectivity index (χ0v) is 12.2. The number of aryl methyl sites for hydroxylation is 1. The molecule has 3 aromatic rings. The number of aromatic nitrogens is 2. The van der Waals surface area contributed by atoms with E-state index in [0.717, 1.165) is 27.6 Å². The molecule has 0 unspecified atom stereocenters. The zero-order chi connectivity index (χ0) is 13.2. The van der Waals surface area contributed by atoms with E-state index in [-0.39, 0.29) is 0 Å². The highest BCUT2D eigenvalue weighted by molar-refractivity contribution is 9.10. The molecule has 2 aromatic carbocycles. The molecule has 3 rings (SSSR count). The van der Waals surface area contributed by atoms with Crippen LogP contribution in [-0.2, 0) is 6.54 Å². The van der Waals surface area contributed by atoms with E-state index in [1.54, 1.807) is 0 Å². The Bertz CT molecular complexity index is 718. The van der Waals surface area contributed by atoms with Crippen molar-refractivity contribution in [2.75, 3.05) is 5.32 Å². The molecule has 3 nitrogen and oxygen atoms in total. The van der Waals surface area contributed by atoms with Crippen molar-refractivity contribution >= 4 is 32.5 Å². The first-order valence-corrected chi connectivity index (χ1v) is 6.94. The van der Waals surface area contributed by atoms with Crippen LogP contribution in [0.5, 0.6) is 0 Å². The largest absolute Gasteiger partial charge is 0.381 e. The smallest absolute Gasteiger partial charge is 0.0670 e. The number of fused-ring (bicyclic) bond motifs is 1. The predicted octanol–water partition coefficient (Wildman–Crippen LogP) is 4.25. The van der Waals surface area contributed by atoms with Crippen LogP contribution in [-0.4, -0.2) is 10.2 Å². The Labute approximate surface area is 120 Å². The molecule has 2 N–H and O–H groups in total. The summed E-state index contributed by atoms with van der Waals surface area (Å²) < 4.78 is 1.15. The van der Waals surface area contributed by atoms with Crippen LogP contribution in [0.1, 0.15) is 11.1 Å². The number of anilines is 1. The summed E-state index contributed by atoms with van der Waals surface area (Å²) in [7, 11) is 0. The van der Waals surface area contributed by atoms with Crippen molar-refractivity contribution in [2.24, 2.45) is 0 Å².